The first-order valence-electron chi connectivity index (χ1n) is 8.91. The minimum Gasteiger partial charge on any atom is -0.481 e. The molecule has 5 nitrogen and oxygen atoms in total. The number of carboxylic acid groups (broad SMARTS) is 2. The molecule has 0 saturated carbocycles. The van der Waals surface area contributed by atoms with Gasteiger partial charge in [-0.3, -0.25) is 9.59 Å². The molecule has 2 N–H and O–H groups in total. The summed E-state index contributed by atoms with van der Waals surface area (Å²) >= 11 is 0. The second-order valence-corrected chi connectivity index (χ2v) is 6.43. The van der Waals surface area contributed by atoms with Crippen molar-refractivity contribution in [2.45, 2.75) is 84.5 Å². The molecule has 2 unspecified atom stereocenters. The number of aliphatic carboxylic acids is 2. The molecule has 0 aliphatic rings. The zero-order valence-corrected chi connectivity index (χ0v) is 14.6. The SMILES string of the molecule is CCCCCCCCCCCCC(C)C(C(=O)O)C(=O)C(=O)O. The Bertz CT molecular complexity index is 364. The first kappa shape index (κ1) is 21.6. The van der Waals surface area contributed by atoms with Gasteiger partial charge in [0.05, 0.1) is 0 Å². The van der Waals surface area contributed by atoms with Gasteiger partial charge in [-0.1, -0.05) is 78.1 Å². The fraction of sp³-hybridized carbons (Fsp3) is 0.833. The van der Waals surface area contributed by atoms with Gasteiger partial charge in [0.2, 0.25) is 0 Å². The predicted molar refractivity (Wildman–Crippen MR) is 89.4 cm³/mol. The quantitative estimate of drug-likeness (QED) is 0.266. The monoisotopic (exact) mass is 328 g/mol. The summed E-state index contributed by atoms with van der Waals surface area (Å²) in [5.74, 6) is -6.07. The number of rotatable bonds is 15. The molecule has 0 rings (SSSR count). The number of unbranched alkanes of at least 4 members (excludes halogenated alkanes) is 9. The summed E-state index contributed by atoms with van der Waals surface area (Å²) < 4.78 is 0. The molecular formula is C18H32O5. The van der Waals surface area contributed by atoms with Crippen LogP contribution in [0.2, 0.25) is 0 Å². The summed E-state index contributed by atoms with van der Waals surface area (Å²) in [4.78, 5) is 33.2. The maximum Gasteiger partial charge on any atom is 0.373 e. The first-order valence-corrected chi connectivity index (χ1v) is 8.91. The Hall–Kier alpha value is -1.39. The van der Waals surface area contributed by atoms with E-state index in [0.717, 1.165) is 19.3 Å². The van der Waals surface area contributed by atoms with Crippen LogP contribution in [0.5, 0.6) is 0 Å². The number of carbonyl (C=O) groups excluding carboxylic acids is 1. The van der Waals surface area contributed by atoms with Crippen LogP contribution in [-0.2, 0) is 14.4 Å². The van der Waals surface area contributed by atoms with Crippen molar-refractivity contribution >= 4 is 17.7 Å². The lowest BCUT2D eigenvalue weighted by Gasteiger charge is -2.17. The van der Waals surface area contributed by atoms with Gasteiger partial charge in [-0.05, 0) is 12.3 Å². The van der Waals surface area contributed by atoms with Crippen molar-refractivity contribution in [3.05, 3.63) is 0 Å². The van der Waals surface area contributed by atoms with E-state index < -0.39 is 29.6 Å². The third-order valence-corrected chi connectivity index (χ3v) is 4.34. The van der Waals surface area contributed by atoms with Crippen molar-refractivity contribution in [2.24, 2.45) is 11.8 Å². The van der Waals surface area contributed by atoms with Crippen LogP contribution in [0.25, 0.3) is 0 Å². The molecule has 0 aromatic rings. The molecule has 0 aromatic heterocycles. The van der Waals surface area contributed by atoms with Crippen molar-refractivity contribution in [1.29, 1.82) is 0 Å². The topological polar surface area (TPSA) is 91.7 Å². The lowest BCUT2D eigenvalue weighted by atomic mass is 9.86. The molecular weight excluding hydrogens is 296 g/mol. The highest BCUT2D eigenvalue weighted by molar-refractivity contribution is 6.37. The standard InChI is InChI=1S/C18H32O5/c1-3-4-5-6-7-8-9-10-11-12-13-14(2)15(17(20)21)16(19)18(22)23/h14-15H,3-13H2,1-2H3,(H,20,21)(H,22,23). The molecule has 0 aromatic carbocycles. The summed E-state index contributed by atoms with van der Waals surface area (Å²) in [6.45, 7) is 3.85. The molecule has 0 spiro atoms. The molecule has 134 valence electrons. The van der Waals surface area contributed by atoms with E-state index in [1.54, 1.807) is 6.92 Å². The third-order valence-electron chi connectivity index (χ3n) is 4.34. The van der Waals surface area contributed by atoms with Gasteiger partial charge in [0.15, 0.2) is 0 Å². The Kier molecular flexibility index (Phi) is 12.3. The Morgan fingerprint density at radius 1 is 0.783 bits per heavy atom. The van der Waals surface area contributed by atoms with Gasteiger partial charge in [-0.15, -0.1) is 0 Å². The number of hydrogen-bond donors (Lipinski definition) is 2. The molecule has 0 aliphatic heterocycles. The minimum atomic E-state index is -1.66. The number of hydrogen-bond acceptors (Lipinski definition) is 3. The van der Waals surface area contributed by atoms with Gasteiger partial charge in [0.1, 0.15) is 5.92 Å². The van der Waals surface area contributed by atoms with Crippen LogP contribution in [0, 0.1) is 11.8 Å². The predicted octanol–water partition coefficient (Wildman–Crippen LogP) is 4.29. The van der Waals surface area contributed by atoms with Crippen molar-refractivity contribution < 1.29 is 24.6 Å². The molecule has 0 fully saturated rings. The normalized spacial score (nSPS) is 13.5. The number of ketones is 1. The van der Waals surface area contributed by atoms with E-state index in [4.69, 9.17) is 10.2 Å². The lowest BCUT2D eigenvalue weighted by Crippen LogP contribution is -2.34. The second-order valence-electron chi connectivity index (χ2n) is 6.43. The Labute approximate surface area is 139 Å². The van der Waals surface area contributed by atoms with Crippen LogP contribution in [-0.4, -0.2) is 27.9 Å². The maximum absolute atomic E-state index is 11.4. The molecule has 0 amide bonds. The molecule has 0 heterocycles. The van der Waals surface area contributed by atoms with Crippen molar-refractivity contribution in [3.63, 3.8) is 0 Å². The summed E-state index contributed by atoms with van der Waals surface area (Å²) in [5, 5.41) is 17.7. The largest absolute Gasteiger partial charge is 0.481 e. The number of Topliss-reactive ketones (excluding diaryl/α,β-unsaturated/α-hetero) is 1. The highest BCUT2D eigenvalue weighted by Crippen LogP contribution is 2.21. The van der Waals surface area contributed by atoms with Crippen LogP contribution in [0.1, 0.15) is 84.5 Å². The second kappa shape index (κ2) is 13.1. The average molecular weight is 328 g/mol. The van der Waals surface area contributed by atoms with Gasteiger partial charge < -0.3 is 10.2 Å². The highest BCUT2D eigenvalue weighted by atomic mass is 16.4. The van der Waals surface area contributed by atoms with Crippen LogP contribution in [0.15, 0.2) is 0 Å². The summed E-state index contributed by atoms with van der Waals surface area (Å²) in [7, 11) is 0. The molecule has 0 aliphatic carbocycles. The van der Waals surface area contributed by atoms with E-state index in [1.165, 1.54) is 44.9 Å². The molecule has 0 bridgehead atoms. The van der Waals surface area contributed by atoms with Crippen LogP contribution < -0.4 is 0 Å². The first-order chi connectivity index (χ1) is 10.9. The van der Waals surface area contributed by atoms with E-state index in [-0.39, 0.29) is 0 Å². The molecule has 0 saturated heterocycles. The minimum absolute atomic E-state index is 0.440. The van der Waals surface area contributed by atoms with Crippen molar-refractivity contribution in [1.82, 2.24) is 0 Å². The fourth-order valence-corrected chi connectivity index (χ4v) is 2.87. The van der Waals surface area contributed by atoms with E-state index in [9.17, 15) is 14.4 Å². The van der Waals surface area contributed by atoms with E-state index in [1.807, 2.05) is 0 Å². The lowest BCUT2D eigenvalue weighted by molar-refractivity contribution is -0.158. The van der Waals surface area contributed by atoms with Crippen LogP contribution in [0.4, 0.5) is 0 Å². The summed E-state index contributed by atoms with van der Waals surface area (Å²) in [5.41, 5.74) is 0. The summed E-state index contributed by atoms with van der Waals surface area (Å²) in [6.07, 6.45) is 12.5. The Morgan fingerprint density at radius 3 is 1.61 bits per heavy atom. The van der Waals surface area contributed by atoms with E-state index in [2.05, 4.69) is 6.92 Å². The number of carbonyl (C=O) groups is 3. The van der Waals surface area contributed by atoms with Gasteiger partial charge >= 0.3 is 11.9 Å². The average Bonchev–Trinajstić information content (AvgIpc) is 2.48. The van der Waals surface area contributed by atoms with Gasteiger partial charge in [0.25, 0.3) is 5.78 Å². The Morgan fingerprint density at radius 2 is 1.22 bits per heavy atom. The molecule has 2 atom stereocenters. The van der Waals surface area contributed by atoms with Gasteiger partial charge in [-0.2, -0.15) is 0 Å². The van der Waals surface area contributed by atoms with E-state index in [0.29, 0.717) is 6.42 Å². The third kappa shape index (κ3) is 10.1. The molecule has 5 heteroatoms. The zero-order valence-electron chi connectivity index (χ0n) is 14.6. The number of carboxylic acids is 2. The van der Waals surface area contributed by atoms with Gasteiger partial charge in [0, 0.05) is 0 Å². The van der Waals surface area contributed by atoms with Gasteiger partial charge in [-0.25, -0.2) is 4.79 Å². The smallest absolute Gasteiger partial charge is 0.373 e. The Balaban J connectivity index is 3.80. The molecule has 23 heavy (non-hydrogen) atoms. The van der Waals surface area contributed by atoms with Crippen LogP contribution >= 0.6 is 0 Å². The fourth-order valence-electron chi connectivity index (χ4n) is 2.87. The zero-order chi connectivity index (χ0) is 17.7. The van der Waals surface area contributed by atoms with Crippen molar-refractivity contribution in [2.75, 3.05) is 0 Å². The van der Waals surface area contributed by atoms with E-state index >= 15 is 0 Å². The van der Waals surface area contributed by atoms with Crippen molar-refractivity contribution in [3.8, 4) is 0 Å². The van der Waals surface area contributed by atoms with Crippen LogP contribution in [0.3, 0.4) is 0 Å². The summed E-state index contributed by atoms with van der Waals surface area (Å²) in [6, 6.07) is 0. The maximum atomic E-state index is 11.4. The highest BCUT2D eigenvalue weighted by Gasteiger charge is 2.35. The molecule has 0 radical (unpaired) electrons.